The van der Waals surface area contributed by atoms with E-state index in [-0.39, 0.29) is 29.8 Å². The summed E-state index contributed by atoms with van der Waals surface area (Å²) >= 11 is 0. The number of amides is 1. The molecule has 1 amide bonds. The first-order valence-electron chi connectivity index (χ1n) is 11.1. The molecular weight excluding hydrogens is 409 g/mol. The van der Waals surface area contributed by atoms with Gasteiger partial charge in [0, 0.05) is 30.1 Å². The highest BCUT2D eigenvalue weighted by Crippen LogP contribution is 2.42. The van der Waals surface area contributed by atoms with Crippen LogP contribution in [0.1, 0.15) is 76.0 Å². The van der Waals surface area contributed by atoms with Gasteiger partial charge in [-0.25, -0.2) is 0 Å². The van der Waals surface area contributed by atoms with Crippen molar-refractivity contribution >= 4 is 17.6 Å². The second-order valence-electron chi connectivity index (χ2n) is 8.61. The van der Waals surface area contributed by atoms with Crippen LogP contribution in [0.5, 0.6) is 0 Å². The summed E-state index contributed by atoms with van der Waals surface area (Å²) < 4.78 is 44.6. The Kier molecular flexibility index (Phi) is 7.29. The summed E-state index contributed by atoms with van der Waals surface area (Å²) in [5.74, 6) is -0.240. The first kappa shape index (κ1) is 23.6. The second-order valence-corrected chi connectivity index (χ2v) is 8.61. The summed E-state index contributed by atoms with van der Waals surface area (Å²) in [6, 6.07) is 2.84. The number of nitrogens with zero attached hydrogens (tertiary/aromatic N) is 1. The van der Waals surface area contributed by atoms with Gasteiger partial charge in [-0.15, -0.1) is 0 Å². The van der Waals surface area contributed by atoms with E-state index < -0.39 is 17.8 Å². The summed E-state index contributed by atoms with van der Waals surface area (Å²) in [6.07, 6.45) is -0.114. The van der Waals surface area contributed by atoms with Crippen molar-refractivity contribution in [1.29, 1.82) is 0 Å². The first-order chi connectivity index (χ1) is 14.7. The number of anilines is 1. The number of rotatable bonds is 5. The molecule has 1 aromatic carbocycles. The molecule has 0 saturated heterocycles. The van der Waals surface area contributed by atoms with Crippen molar-refractivity contribution in [2.75, 3.05) is 11.5 Å². The van der Waals surface area contributed by atoms with Gasteiger partial charge in [-0.1, -0.05) is 6.92 Å². The van der Waals surface area contributed by atoms with Gasteiger partial charge in [0.1, 0.15) is 0 Å². The van der Waals surface area contributed by atoms with Crippen molar-refractivity contribution in [2.24, 2.45) is 17.6 Å². The number of carbonyl (C=O) groups is 2. The Hall–Kier alpha value is -2.09. The lowest BCUT2D eigenvalue weighted by Crippen LogP contribution is -2.49. The lowest BCUT2D eigenvalue weighted by molar-refractivity contribution is -0.144. The lowest BCUT2D eigenvalue weighted by atomic mass is 9.79. The zero-order valence-corrected chi connectivity index (χ0v) is 18.1. The Morgan fingerprint density at radius 1 is 1.16 bits per heavy atom. The number of esters is 1. The normalized spacial score (nSPS) is 26.3. The maximum absolute atomic E-state index is 13.5. The molecule has 1 aliphatic heterocycles. The van der Waals surface area contributed by atoms with Crippen LogP contribution in [0, 0.1) is 11.8 Å². The van der Waals surface area contributed by atoms with Gasteiger partial charge in [0.05, 0.1) is 12.2 Å². The number of benzene rings is 1. The molecule has 2 unspecified atom stereocenters. The quantitative estimate of drug-likeness (QED) is 0.656. The van der Waals surface area contributed by atoms with Crippen molar-refractivity contribution in [2.45, 2.75) is 77.1 Å². The van der Waals surface area contributed by atoms with Gasteiger partial charge in [-0.3, -0.25) is 9.59 Å². The molecular formula is C23H31F3N2O3. The molecule has 1 saturated carbocycles. The van der Waals surface area contributed by atoms with Crippen LogP contribution in [-0.4, -0.2) is 24.5 Å². The molecule has 1 heterocycles. The van der Waals surface area contributed by atoms with Crippen LogP contribution in [0.3, 0.4) is 0 Å². The van der Waals surface area contributed by atoms with E-state index in [0.717, 1.165) is 25.0 Å². The Labute approximate surface area is 181 Å². The predicted octanol–water partition coefficient (Wildman–Crippen LogP) is 4.98. The van der Waals surface area contributed by atoms with E-state index in [2.05, 4.69) is 0 Å². The Bertz CT molecular complexity index is 804. The van der Waals surface area contributed by atoms with Crippen molar-refractivity contribution in [3.63, 3.8) is 0 Å². The summed E-state index contributed by atoms with van der Waals surface area (Å²) in [5.41, 5.74) is 6.33. The van der Waals surface area contributed by atoms with Gasteiger partial charge in [0.15, 0.2) is 0 Å². The third kappa shape index (κ3) is 5.22. The summed E-state index contributed by atoms with van der Waals surface area (Å²) in [7, 11) is 0. The van der Waals surface area contributed by atoms with Crippen LogP contribution in [0.25, 0.3) is 0 Å². The van der Waals surface area contributed by atoms with Gasteiger partial charge in [0.2, 0.25) is 5.91 Å². The minimum atomic E-state index is -4.46. The molecule has 0 bridgehead atoms. The predicted molar refractivity (Wildman–Crippen MR) is 111 cm³/mol. The number of hydrogen-bond donors (Lipinski definition) is 1. The van der Waals surface area contributed by atoms with Gasteiger partial charge in [0.25, 0.3) is 0 Å². The maximum atomic E-state index is 13.5. The van der Waals surface area contributed by atoms with Crippen molar-refractivity contribution in [1.82, 2.24) is 0 Å². The topological polar surface area (TPSA) is 72.6 Å². The number of ether oxygens (including phenoxy) is 1. The van der Waals surface area contributed by atoms with E-state index in [9.17, 15) is 22.8 Å². The molecule has 0 spiro atoms. The van der Waals surface area contributed by atoms with Crippen molar-refractivity contribution in [3.8, 4) is 0 Å². The van der Waals surface area contributed by atoms with E-state index in [0.29, 0.717) is 50.0 Å². The largest absolute Gasteiger partial charge is 0.466 e. The van der Waals surface area contributed by atoms with Crippen LogP contribution < -0.4 is 10.6 Å². The second kappa shape index (κ2) is 9.59. The Morgan fingerprint density at radius 2 is 1.84 bits per heavy atom. The molecule has 0 aromatic heterocycles. The Morgan fingerprint density at radius 3 is 2.42 bits per heavy atom. The zero-order valence-electron chi connectivity index (χ0n) is 18.1. The SMILES string of the molecule is CCOC(=O)CC1CCC(C(=O)N2c3ccc(C(F)(F)F)cc3C(N)CC2CC)CC1. The first-order valence-corrected chi connectivity index (χ1v) is 11.1. The van der Waals surface area contributed by atoms with Crippen LogP contribution in [0.2, 0.25) is 0 Å². The zero-order chi connectivity index (χ0) is 22.8. The molecule has 5 nitrogen and oxygen atoms in total. The van der Waals surface area contributed by atoms with E-state index >= 15 is 0 Å². The monoisotopic (exact) mass is 440 g/mol. The highest BCUT2D eigenvalue weighted by atomic mass is 19.4. The van der Waals surface area contributed by atoms with Crippen LogP contribution in [-0.2, 0) is 20.5 Å². The average molecular weight is 441 g/mol. The number of fused-ring (bicyclic) bond motifs is 1. The molecule has 1 aromatic rings. The molecule has 1 aliphatic carbocycles. The van der Waals surface area contributed by atoms with Crippen LogP contribution in [0.15, 0.2) is 18.2 Å². The van der Waals surface area contributed by atoms with Gasteiger partial charge >= 0.3 is 12.1 Å². The van der Waals surface area contributed by atoms with E-state index in [1.165, 1.54) is 6.07 Å². The molecule has 0 radical (unpaired) electrons. The van der Waals surface area contributed by atoms with Crippen molar-refractivity contribution < 1.29 is 27.5 Å². The van der Waals surface area contributed by atoms with Gasteiger partial charge in [-0.05, 0) is 75.1 Å². The standard InChI is InChI=1S/C23H31F3N2O3/c1-3-17-13-19(27)18-12-16(23(24,25)26)9-10-20(18)28(17)22(30)15-7-5-14(6-8-15)11-21(29)31-4-2/h9-10,12,14-15,17,19H,3-8,11,13,27H2,1-2H3. The fourth-order valence-electron chi connectivity index (χ4n) is 4.88. The molecule has 31 heavy (non-hydrogen) atoms. The minimum Gasteiger partial charge on any atom is -0.466 e. The number of carbonyl (C=O) groups excluding carboxylic acids is 2. The van der Waals surface area contributed by atoms with E-state index in [1.807, 2.05) is 6.92 Å². The lowest BCUT2D eigenvalue weighted by Gasteiger charge is -2.42. The average Bonchev–Trinajstić information content (AvgIpc) is 2.73. The third-order valence-electron chi connectivity index (χ3n) is 6.57. The number of nitrogens with two attached hydrogens (primary N) is 1. The van der Waals surface area contributed by atoms with Crippen molar-refractivity contribution in [3.05, 3.63) is 29.3 Å². The van der Waals surface area contributed by atoms with E-state index in [1.54, 1.807) is 11.8 Å². The Balaban J connectivity index is 1.77. The minimum absolute atomic E-state index is 0.0469. The van der Waals surface area contributed by atoms with Crippen LogP contribution >= 0.6 is 0 Å². The highest BCUT2D eigenvalue weighted by molar-refractivity contribution is 5.97. The molecule has 1 fully saturated rings. The molecule has 8 heteroatoms. The molecule has 2 atom stereocenters. The summed E-state index contributed by atoms with van der Waals surface area (Å²) in [5, 5.41) is 0. The number of halogens is 3. The van der Waals surface area contributed by atoms with Gasteiger partial charge in [-0.2, -0.15) is 13.2 Å². The number of hydrogen-bond acceptors (Lipinski definition) is 4. The highest BCUT2D eigenvalue weighted by Gasteiger charge is 2.40. The van der Waals surface area contributed by atoms with E-state index in [4.69, 9.17) is 10.5 Å². The maximum Gasteiger partial charge on any atom is 0.416 e. The fourth-order valence-corrected chi connectivity index (χ4v) is 4.88. The van der Waals surface area contributed by atoms with Crippen LogP contribution in [0.4, 0.5) is 18.9 Å². The van der Waals surface area contributed by atoms with Gasteiger partial charge < -0.3 is 15.4 Å². The third-order valence-corrected chi connectivity index (χ3v) is 6.57. The molecule has 2 aliphatic rings. The molecule has 2 N–H and O–H groups in total. The fraction of sp³-hybridized carbons (Fsp3) is 0.652. The molecule has 172 valence electrons. The molecule has 3 rings (SSSR count). The summed E-state index contributed by atoms with van der Waals surface area (Å²) in [6.45, 7) is 4.10. The summed E-state index contributed by atoms with van der Waals surface area (Å²) in [4.78, 5) is 26.9. The smallest absolute Gasteiger partial charge is 0.416 e. The number of alkyl halides is 3.